The minimum absolute atomic E-state index is 0.0677. The quantitative estimate of drug-likeness (QED) is 0.709. The van der Waals surface area contributed by atoms with Gasteiger partial charge in [-0.15, -0.1) is 0 Å². The molecule has 2 aromatic carbocycles. The van der Waals surface area contributed by atoms with Crippen LogP contribution in [0.15, 0.2) is 48.5 Å². The molecule has 0 atom stereocenters. The van der Waals surface area contributed by atoms with Crippen molar-refractivity contribution in [3.63, 3.8) is 0 Å². The van der Waals surface area contributed by atoms with Crippen LogP contribution in [0.4, 0.5) is 13.2 Å². The molecular formula is C22H21F3N2O3. The maximum Gasteiger partial charge on any atom is 0.416 e. The van der Waals surface area contributed by atoms with Gasteiger partial charge in [0.25, 0.3) is 0 Å². The van der Waals surface area contributed by atoms with Crippen molar-refractivity contribution < 1.29 is 27.4 Å². The van der Waals surface area contributed by atoms with E-state index in [4.69, 9.17) is 9.47 Å². The maximum atomic E-state index is 12.7. The van der Waals surface area contributed by atoms with Gasteiger partial charge < -0.3 is 14.4 Å². The van der Waals surface area contributed by atoms with Crippen molar-refractivity contribution in [2.45, 2.75) is 12.7 Å². The van der Waals surface area contributed by atoms with Gasteiger partial charge in [0.05, 0.1) is 5.56 Å². The first-order valence-corrected chi connectivity index (χ1v) is 9.64. The normalized spacial score (nSPS) is 17.0. The third-order valence-electron chi connectivity index (χ3n) is 5.19. The van der Waals surface area contributed by atoms with E-state index < -0.39 is 11.7 Å². The molecule has 2 aromatic rings. The van der Waals surface area contributed by atoms with Gasteiger partial charge in [-0.25, -0.2) is 0 Å². The van der Waals surface area contributed by atoms with E-state index in [1.54, 1.807) is 17.1 Å². The van der Waals surface area contributed by atoms with Crippen LogP contribution in [0.25, 0.3) is 6.08 Å². The van der Waals surface area contributed by atoms with Gasteiger partial charge >= 0.3 is 6.18 Å². The molecule has 2 heterocycles. The number of hydrogen-bond acceptors (Lipinski definition) is 4. The lowest BCUT2D eigenvalue weighted by Crippen LogP contribution is -2.47. The van der Waals surface area contributed by atoms with E-state index in [2.05, 4.69) is 4.90 Å². The standard InChI is InChI=1S/C22H21F3N2O3/c23-22(24,25)18-5-1-17(2-6-18)14-26-9-11-27(12-10-26)21(28)8-4-16-3-7-19-20(13-16)30-15-29-19/h1-8,13H,9-12,14-15H2/b8-4+. The zero-order valence-electron chi connectivity index (χ0n) is 16.2. The number of halogens is 3. The van der Waals surface area contributed by atoms with Gasteiger partial charge in [0.2, 0.25) is 12.7 Å². The number of piperazine rings is 1. The molecule has 0 spiro atoms. The van der Waals surface area contributed by atoms with Gasteiger partial charge in [0, 0.05) is 38.8 Å². The average molecular weight is 418 g/mol. The number of carbonyl (C=O) groups is 1. The second-order valence-electron chi connectivity index (χ2n) is 7.24. The number of nitrogens with zero attached hydrogens (tertiary/aromatic N) is 2. The number of alkyl halides is 3. The van der Waals surface area contributed by atoms with E-state index in [1.807, 2.05) is 18.2 Å². The summed E-state index contributed by atoms with van der Waals surface area (Å²) in [4.78, 5) is 16.4. The third-order valence-corrected chi connectivity index (χ3v) is 5.19. The second-order valence-corrected chi connectivity index (χ2v) is 7.24. The van der Waals surface area contributed by atoms with Crippen molar-refractivity contribution in [1.29, 1.82) is 0 Å². The van der Waals surface area contributed by atoms with Crippen LogP contribution in [-0.4, -0.2) is 48.7 Å². The molecule has 1 saturated heterocycles. The first-order valence-electron chi connectivity index (χ1n) is 9.64. The third kappa shape index (κ3) is 4.76. The summed E-state index contributed by atoms with van der Waals surface area (Å²) in [7, 11) is 0. The van der Waals surface area contributed by atoms with Crippen molar-refractivity contribution in [3.05, 3.63) is 65.2 Å². The van der Waals surface area contributed by atoms with E-state index in [-0.39, 0.29) is 12.7 Å². The maximum absolute atomic E-state index is 12.7. The Labute approximate surface area is 172 Å². The molecule has 158 valence electrons. The molecule has 0 aliphatic carbocycles. The molecule has 4 rings (SSSR count). The highest BCUT2D eigenvalue weighted by atomic mass is 19.4. The number of rotatable bonds is 4. The fraction of sp³-hybridized carbons (Fsp3) is 0.318. The SMILES string of the molecule is O=C(/C=C/c1ccc2c(c1)OCO2)N1CCN(Cc2ccc(C(F)(F)F)cc2)CC1. The van der Waals surface area contributed by atoms with Crippen molar-refractivity contribution in [3.8, 4) is 11.5 Å². The first kappa shape index (κ1) is 20.3. The van der Waals surface area contributed by atoms with Gasteiger partial charge in [-0.05, 0) is 41.5 Å². The van der Waals surface area contributed by atoms with Gasteiger partial charge in [0.15, 0.2) is 11.5 Å². The number of fused-ring (bicyclic) bond motifs is 1. The van der Waals surface area contributed by atoms with Crippen LogP contribution in [0.2, 0.25) is 0 Å². The minimum Gasteiger partial charge on any atom is -0.454 e. The highest BCUT2D eigenvalue weighted by Crippen LogP contribution is 2.33. The predicted molar refractivity (Wildman–Crippen MR) is 105 cm³/mol. The zero-order valence-corrected chi connectivity index (χ0v) is 16.2. The van der Waals surface area contributed by atoms with Gasteiger partial charge in [-0.3, -0.25) is 9.69 Å². The smallest absolute Gasteiger partial charge is 0.416 e. The summed E-state index contributed by atoms with van der Waals surface area (Å²) in [6, 6.07) is 10.7. The molecule has 1 fully saturated rings. The second kappa shape index (κ2) is 8.39. The Hall–Kier alpha value is -3.00. The number of carbonyl (C=O) groups excluding carboxylic acids is 1. The summed E-state index contributed by atoms with van der Waals surface area (Å²) in [6.45, 7) is 3.26. The lowest BCUT2D eigenvalue weighted by Gasteiger charge is -2.34. The fourth-order valence-electron chi connectivity index (χ4n) is 3.47. The minimum atomic E-state index is -4.32. The van der Waals surface area contributed by atoms with Crippen molar-refractivity contribution >= 4 is 12.0 Å². The largest absolute Gasteiger partial charge is 0.454 e. The van der Waals surface area contributed by atoms with Gasteiger partial charge in [-0.2, -0.15) is 13.2 Å². The summed E-state index contributed by atoms with van der Waals surface area (Å²) < 4.78 is 48.6. The summed E-state index contributed by atoms with van der Waals surface area (Å²) >= 11 is 0. The molecule has 0 saturated carbocycles. The first-order chi connectivity index (χ1) is 14.4. The van der Waals surface area contributed by atoms with E-state index in [0.29, 0.717) is 44.2 Å². The zero-order chi connectivity index (χ0) is 21.1. The van der Waals surface area contributed by atoms with Crippen molar-refractivity contribution in [2.24, 2.45) is 0 Å². The average Bonchev–Trinajstić information content (AvgIpc) is 3.20. The van der Waals surface area contributed by atoms with Crippen LogP contribution in [0.3, 0.4) is 0 Å². The van der Waals surface area contributed by atoms with Crippen LogP contribution >= 0.6 is 0 Å². The van der Waals surface area contributed by atoms with E-state index in [9.17, 15) is 18.0 Å². The number of hydrogen-bond donors (Lipinski definition) is 0. The van der Waals surface area contributed by atoms with Crippen LogP contribution in [-0.2, 0) is 17.5 Å². The van der Waals surface area contributed by atoms with Gasteiger partial charge in [0.1, 0.15) is 0 Å². The molecule has 2 aliphatic rings. The molecule has 0 unspecified atom stereocenters. The highest BCUT2D eigenvalue weighted by molar-refractivity contribution is 5.92. The number of amides is 1. The molecular weight excluding hydrogens is 397 g/mol. The molecule has 0 radical (unpaired) electrons. The summed E-state index contributed by atoms with van der Waals surface area (Å²) in [5.41, 5.74) is 1.04. The molecule has 30 heavy (non-hydrogen) atoms. The van der Waals surface area contributed by atoms with Crippen LogP contribution in [0.1, 0.15) is 16.7 Å². The topological polar surface area (TPSA) is 42.0 Å². The summed E-state index contributed by atoms with van der Waals surface area (Å²) in [5.74, 6) is 1.30. The Morgan fingerprint density at radius 2 is 1.67 bits per heavy atom. The fourth-order valence-corrected chi connectivity index (χ4v) is 3.47. The van der Waals surface area contributed by atoms with E-state index >= 15 is 0 Å². The Morgan fingerprint density at radius 3 is 2.37 bits per heavy atom. The van der Waals surface area contributed by atoms with Crippen molar-refractivity contribution in [1.82, 2.24) is 9.80 Å². The highest BCUT2D eigenvalue weighted by Gasteiger charge is 2.30. The Morgan fingerprint density at radius 1 is 0.967 bits per heavy atom. The lowest BCUT2D eigenvalue weighted by molar-refractivity contribution is -0.137. The molecule has 0 bridgehead atoms. The monoisotopic (exact) mass is 418 g/mol. The molecule has 1 amide bonds. The van der Waals surface area contributed by atoms with Crippen LogP contribution in [0.5, 0.6) is 11.5 Å². The Kier molecular flexibility index (Phi) is 5.67. The van der Waals surface area contributed by atoms with E-state index in [1.165, 1.54) is 12.1 Å². The molecule has 2 aliphatic heterocycles. The number of ether oxygens (including phenoxy) is 2. The lowest BCUT2D eigenvalue weighted by atomic mass is 10.1. The molecule has 0 N–H and O–H groups in total. The Bertz CT molecular complexity index is 934. The molecule has 8 heteroatoms. The predicted octanol–water partition coefficient (Wildman–Crippen LogP) is 3.79. The summed E-state index contributed by atoms with van der Waals surface area (Å²) in [6.07, 6.45) is -1.03. The molecule has 0 aromatic heterocycles. The van der Waals surface area contributed by atoms with Gasteiger partial charge in [-0.1, -0.05) is 18.2 Å². The van der Waals surface area contributed by atoms with Crippen molar-refractivity contribution in [2.75, 3.05) is 33.0 Å². The molecule has 5 nitrogen and oxygen atoms in total. The number of benzene rings is 2. The van der Waals surface area contributed by atoms with E-state index in [0.717, 1.165) is 23.3 Å². The van der Waals surface area contributed by atoms with Crippen LogP contribution < -0.4 is 9.47 Å². The van der Waals surface area contributed by atoms with Crippen LogP contribution in [0, 0.1) is 0 Å². The summed E-state index contributed by atoms with van der Waals surface area (Å²) in [5, 5.41) is 0. The Balaban J connectivity index is 1.27.